The van der Waals surface area contributed by atoms with Gasteiger partial charge in [0.15, 0.2) is 0 Å². The number of fused-ring (bicyclic) bond motifs is 1. The highest BCUT2D eigenvalue weighted by molar-refractivity contribution is 5.99. The number of amides is 1. The number of hydrogen-bond acceptors (Lipinski definition) is 4. The van der Waals surface area contributed by atoms with Crippen LogP contribution >= 0.6 is 0 Å². The molecule has 0 unspecified atom stereocenters. The molecule has 1 aliphatic rings. The fourth-order valence-electron chi connectivity index (χ4n) is 3.07. The Bertz CT molecular complexity index is 722. The Morgan fingerprint density at radius 1 is 1.22 bits per heavy atom. The summed E-state index contributed by atoms with van der Waals surface area (Å²) in [5, 5.41) is 2.89. The maximum Gasteiger partial charge on any atom is 0.332 e. The van der Waals surface area contributed by atoms with Gasteiger partial charge in [0, 0.05) is 12.8 Å². The fourth-order valence-corrected chi connectivity index (χ4v) is 3.07. The van der Waals surface area contributed by atoms with Crippen LogP contribution in [0.15, 0.2) is 41.0 Å². The van der Waals surface area contributed by atoms with Crippen LogP contribution in [0.1, 0.15) is 34.2 Å². The van der Waals surface area contributed by atoms with Gasteiger partial charge in [0.1, 0.15) is 11.3 Å². The minimum Gasteiger partial charge on any atom is -0.469 e. The Kier molecular flexibility index (Phi) is 3.94. The standard InChI is InChI=1S/C18H19NO4/c1-3-22-17(21)18(10-13-6-4-5-7-14(13)11-18)19-16(20)15-8-9-23-12(15)2/h4-9H,3,10-11H2,1-2H3,(H,19,20). The van der Waals surface area contributed by atoms with E-state index in [1.54, 1.807) is 19.9 Å². The lowest BCUT2D eigenvalue weighted by atomic mass is 9.95. The van der Waals surface area contributed by atoms with Crippen LogP contribution in [0.4, 0.5) is 0 Å². The third kappa shape index (κ3) is 2.74. The van der Waals surface area contributed by atoms with Crippen molar-refractivity contribution in [2.45, 2.75) is 32.2 Å². The summed E-state index contributed by atoms with van der Waals surface area (Å²) in [6, 6.07) is 9.42. The van der Waals surface area contributed by atoms with Crippen LogP contribution in [0.25, 0.3) is 0 Å². The fraction of sp³-hybridized carbons (Fsp3) is 0.333. The van der Waals surface area contributed by atoms with E-state index in [0.717, 1.165) is 11.1 Å². The third-order valence-corrected chi connectivity index (χ3v) is 4.23. The van der Waals surface area contributed by atoms with Gasteiger partial charge in [-0.3, -0.25) is 4.79 Å². The van der Waals surface area contributed by atoms with E-state index in [4.69, 9.17) is 9.15 Å². The van der Waals surface area contributed by atoms with E-state index in [-0.39, 0.29) is 12.5 Å². The first kappa shape index (κ1) is 15.3. The highest BCUT2D eigenvalue weighted by Gasteiger charge is 2.46. The molecule has 0 spiro atoms. The summed E-state index contributed by atoms with van der Waals surface area (Å²) in [5.74, 6) is -0.195. The van der Waals surface area contributed by atoms with Gasteiger partial charge < -0.3 is 14.5 Å². The number of rotatable bonds is 4. The van der Waals surface area contributed by atoms with Crippen LogP contribution in [0.2, 0.25) is 0 Å². The Hall–Kier alpha value is -2.56. The molecule has 0 bridgehead atoms. The summed E-state index contributed by atoms with van der Waals surface area (Å²) in [7, 11) is 0. The topological polar surface area (TPSA) is 68.5 Å². The van der Waals surface area contributed by atoms with E-state index in [1.807, 2.05) is 24.3 Å². The molecule has 0 radical (unpaired) electrons. The van der Waals surface area contributed by atoms with Gasteiger partial charge in [-0.05, 0) is 31.0 Å². The number of ether oxygens (including phenoxy) is 1. The number of furan rings is 1. The second-order valence-electron chi connectivity index (χ2n) is 5.77. The first-order valence-electron chi connectivity index (χ1n) is 7.66. The Morgan fingerprint density at radius 2 is 1.87 bits per heavy atom. The maximum atomic E-state index is 12.6. The van der Waals surface area contributed by atoms with E-state index in [2.05, 4.69) is 5.32 Å². The predicted molar refractivity (Wildman–Crippen MR) is 84.1 cm³/mol. The largest absolute Gasteiger partial charge is 0.469 e. The van der Waals surface area contributed by atoms with Gasteiger partial charge in [-0.15, -0.1) is 0 Å². The maximum absolute atomic E-state index is 12.6. The van der Waals surface area contributed by atoms with Gasteiger partial charge in [-0.1, -0.05) is 24.3 Å². The summed E-state index contributed by atoms with van der Waals surface area (Å²) < 4.78 is 10.4. The van der Waals surface area contributed by atoms with Crippen molar-refractivity contribution in [1.29, 1.82) is 0 Å². The van der Waals surface area contributed by atoms with Crippen molar-refractivity contribution in [3.63, 3.8) is 0 Å². The molecule has 0 saturated heterocycles. The van der Waals surface area contributed by atoms with Crippen molar-refractivity contribution in [2.75, 3.05) is 6.61 Å². The second kappa shape index (κ2) is 5.91. The minimum absolute atomic E-state index is 0.275. The van der Waals surface area contributed by atoms with Gasteiger partial charge >= 0.3 is 5.97 Å². The van der Waals surface area contributed by atoms with E-state index in [9.17, 15) is 9.59 Å². The van der Waals surface area contributed by atoms with Crippen molar-refractivity contribution in [2.24, 2.45) is 0 Å². The molecule has 1 heterocycles. The molecule has 3 rings (SSSR count). The number of benzene rings is 1. The molecule has 1 aromatic heterocycles. The average Bonchev–Trinajstić information content (AvgIpc) is 3.11. The summed E-state index contributed by atoms with van der Waals surface area (Å²) in [6.07, 6.45) is 2.33. The van der Waals surface area contributed by atoms with Crippen molar-refractivity contribution in [1.82, 2.24) is 5.32 Å². The van der Waals surface area contributed by atoms with Gasteiger partial charge in [0.25, 0.3) is 5.91 Å². The lowest BCUT2D eigenvalue weighted by Gasteiger charge is -2.27. The molecule has 1 N–H and O–H groups in total. The zero-order valence-electron chi connectivity index (χ0n) is 13.2. The molecule has 23 heavy (non-hydrogen) atoms. The normalized spacial score (nSPS) is 15.0. The van der Waals surface area contributed by atoms with Crippen molar-refractivity contribution in [3.8, 4) is 0 Å². The van der Waals surface area contributed by atoms with Gasteiger partial charge in [-0.25, -0.2) is 4.79 Å². The monoisotopic (exact) mass is 313 g/mol. The number of carbonyl (C=O) groups is 2. The number of carbonyl (C=O) groups excluding carboxylic acids is 2. The molecular formula is C18H19NO4. The molecule has 0 atom stereocenters. The van der Waals surface area contributed by atoms with E-state index in [1.165, 1.54) is 6.26 Å². The molecule has 0 aliphatic heterocycles. The van der Waals surface area contributed by atoms with Crippen LogP contribution in [-0.4, -0.2) is 24.0 Å². The van der Waals surface area contributed by atoms with Gasteiger partial charge in [0.05, 0.1) is 18.4 Å². The van der Waals surface area contributed by atoms with Crippen molar-refractivity contribution in [3.05, 3.63) is 59.0 Å². The van der Waals surface area contributed by atoms with Crippen LogP contribution < -0.4 is 5.32 Å². The molecule has 2 aromatic rings. The SMILES string of the molecule is CCOC(=O)C1(NC(=O)c2ccoc2C)Cc2ccccc2C1. The number of esters is 1. The Labute approximate surface area is 134 Å². The highest BCUT2D eigenvalue weighted by atomic mass is 16.5. The lowest BCUT2D eigenvalue weighted by Crippen LogP contribution is -2.56. The molecule has 0 saturated carbocycles. The van der Waals surface area contributed by atoms with Crippen molar-refractivity contribution < 1.29 is 18.7 Å². The Morgan fingerprint density at radius 3 is 2.39 bits per heavy atom. The molecular weight excluding hydrogens is 294 g/mol. The van der Waals surface area contributed by atoms with E-state index >= 15 is 0 Å². The van der Waals surface area contributed by atoms with E-state index in [0.29, 0.717) is 24.2 Å². The van der Waals surface area contributed by atoms with Crippen LogP contribution in [0.5, 0.6) is 0 Å². The summed E-state index contributed by atoms with van der Waals surface area (Å²) in [6.45, 7) is 3.75. The summed E-state index contributed by atoms with van der Waals surface area (Å²) in [5.41, 5.74) is 1.50. The van der Waals surface area contributed by atoms with Crippen LogP contribution in [0, 0.1) is 6.92 Å². The minimum atomic E-state index is -1.06. The zero-order chi connectivity index (χ0) is 16.4. The second-order valence-corrected chi connectivity index (χ2v) is 5.77. The average molecular weight is 313 g/mol. The van der Waals surface area contributed by atoms with Gasteiger partial charge in [0.2, 0.25) is 0 Å². The van der Waals surface area contributed by atoms with Crippen LogP contribution in [0.3, 0.4) is 0 Å². The smallest absolute Gasteiger partial charge is 0.332 e. The summed E-state index contributed by atoms with van der Waals surface area (Å²) in [4.78, 5) is 25.1. The molecule has 1 aromatic carbocycles. The zero-order valence-corrected chi connectivity index (χ0v) is 13.2. The third-order valence-electron chi connectivity index (χ3n) is 4.23. The van der Waals surface area contributed by atoms with Gasteiger partial charge in [-0.2, -0.15) is 0 Å². The lowest BCUT2D eigenvalue weighted by molar-refractivity contribution is -0.150. The first-order chi connectivity index (χ1) is 11.1. The highest BCUT2D eigenvalue weighted by Crippen LogP contribution is 2.31. The molecule has 1 aliphatic carbocycles. The molecule has 5 nitrogen and oxygen atoms in total. The summed E-state index contributed by atoms with van der Waals surface area (Å²) >= 11 is 0. The van der Waals surface area contributed by atoms with Crippen molar-refractivity contribution >= 4 is 11.9 Å². The number of aryl methyl sites for hydroxylation is 1. The molecule has 1 amide bonds. The van der Waals surface area contributed by atoms with Crippen LogP contribution in [-0.2, 0) is 22.4 Å². The number of hydrogen-bond donors (Lipinski definition) is 1. The quantitative estimate of drug-likeness (QED) is 0.880. The molecule has 120 valence electrons. The molecule has 0 fully saturated rings. The first-order valence-corrected chi connectivity index (χ1v) is 7.66. The van der Waals surface area contributed by atoms with E-state index < -0.39 is 11.5 Å². The Balaban J connectivity index is 1.91. The number of nitrogens with one attached hydrogen (secondary N) is 1. The molecule has 5 heteroatoms. The predicted octanol–water partition coefficient (Wildman–Crippen LogP) is 2.42.